The lowest BCUT2D eigenvalue weighted by atomic mass is 10.2. The number of amides is 1. The zero-order valence-corrected chi connectivity index (χ0v) is 14.0. The Hall–Kier alpha value is -1.79. The number of nitrogens with one attached hydrogen (secondary N) is 1. The fourth-order valence-electron chi connectivity index (χ4n) is 2.58. The van der Waals surface area contributed by atoms with Gasteiger partial charge in [0, 0.05) is 31.2 Å². The van der Waals surface area contributed by atoms with Crippen molar-refractivity contribution in [3.8, 4) is 5.69 Å². The second kappa shape index (κ2) is 7.66. The standard InChI is InChI=1S/C17H21N3O2S/c1-13-4-2-5-14(10-13)20-8-7-18-17(20)23-12-16(21)19-11-15-6-3-9-22-15/h2,4-5,7-8,10,15H,3,6,9,11-12H2,1H3,(H,19,21). The molecule has 1 amide bonds. The van der Waals surface area contributed by atoms with Crippen LogP contribution in [0.3, 0.4) is 0 Å². The van der Waals surface area contributed by atoms with Gasteiger partial charge in [-0.2, -0.15) is 0 Å². The van der Waals surface area contributed by atoms with Crippen molar-refractivity contribution in [1.29, 1.82) is 0 Å². The first-order valence-electron chi connectivity index (χ1n) is 7.84. The van der Waals surface area contributed by atoms with E-state index in [-0.39, 0.29) is 12.0 Å². The monoisotopic (exact) mass is 331 g/mol. The highest BCUT2D eigenvalue weighted by atomic mass is 32.2. The summed E-state index contributed by atoms with van der Waals surface area (Å²) < 4.78 is 7.51. The maximum absolute atomic E-state index is 12.0. The number of aryl methyl sites for hydroxylation is 1. The van der Waals surface area contributed by atoms with Crippen LogP contribution in [-0.2, 0) is 9.53 Å². The largest absolute Gasteiger partial charge is 0.376 e. The van der Waals surface area contributed by atoms with Crippen molar-refractivity contribution >= 4 is 17.7 Å². The smallest absolute Gasteiger partial charge is 0.230 e. The van der Waals surface area contributed by atoms with Gasteiger partial charge in [-0.3, -0.25) is 9.36 Å². The lowest BCUT2D eigenvalue weighted by Crippen LogP contribution is -2.32. The number of hydrogen-bond donors (Lipinski definition) is 1. The van der Waals surface area contributed by atoms with Gasteiger partial charge in [-0.25, -0.2) is 4.98 Å². The average molecular weight is 331 g/mol. The Morgan fingerprint density at radius 3 is 3.22 bits per heavy atom. The highest BCUT2D eigenvalue weighted by Crippen LogP contribution is 2.21. The van der Waals surface area contributed by atoms with Gasteiger partial charge in [0.15, 0.2) is 5.16 Å². The van der Waals surface area contributed by atoms with Crippen molar-refractivity contribution in [2.24, 2.45) is 0 Å². The van der Waals surface area contributed by atoms with Gasteiger partial charge in [0.05, 0.1) is 11.9 Å². The second-order valence-corrected chi connectivity index (χ2v) is 6.59. The van der Waals surface area contributed by atoms with E-state index in [0.717, 1.165) is 30.3 Å². The molecule has 0 radical (unpaired) electrons. The fraction of sp³-hybridized carbons (Fsp3) is 0.412. The molecule has 1 N–H and O–H groups in total. The zero-order chi connectivity index (χ0) is 16.1. The predicted molar refractivity (Wildman–Crippen MR) is 91.0 cm³/mol. The number of carbonyl (C=O) groups excluding carboxylic acids is 1. The van der Waals surface area contributed by atoms with Crippen LogP contribution in [0, 0.1) is 6.92 Å². The maximum Gasteiger partial charge on any atom is 0.230 e. The summed E-state index contributed by atoms with van der Waals surface area (Å²) in [5.41, 5.74) is 2.26. The topological polar surface area (TPSA) is 56.2 Å². The quantitative estimate of drug-likeness (QED) is 0.827. The average Bonchev–Trinajstić information content (AvgIpc) is 3.22. The third-order valence-corrected chi connectivity index (χ3v) is 4.74. The van der Waals surface area contributed by atoms with Gasteiger partial charge in [-0.05, 0) is 37.5 Å². The molecule has 23 heavy (non-hydrogen) atoms. The summed E-state index contributed by atoms with van der Waals surface area (Å²) >= 11 is 1.44. The number of hydrogen-bond acceptors (Lipinski definition) is 4. The molecule has 122 valence electrons. The van der Waals surface area contributed by atoms with Gasteiger partial charge in [-0.1, -0.05) is 23.9 Å². The van der Waals surface area contributed by atoms with Crippen LogP contribution in [0.5, 0.6) is 0 Å². The molecule has 3 rings (SSSR count). The minimum Gasteiger partial charge on any atom is -0.376 e. The van der Waals surface area contributed by atoms with E-state index in [1.54, 1.807) is 6.20 Å². The number of imidazole rings is 1. The third-order valence-electron chi connectivity index (χ3n) is 3.77. The Morgan fingerprint density at radius 1 is 1.52 bits per heavy atom. The maximum atomic E-state index is 12.0. The zero-order valence-electron chi connectivity index (χ0n) is 13.2. The third kappa shape index (κ3) is 4.36. The van der Waals surface area contributed by atoms with E-state index in [2.05, 4.69) is 29.4 Å². The van der Waals surface area contributed by atoms with Crippen molar-refractivity contribution in [2.45, 2.75) is 31.0 Å². The molecular weight excluding hydrogens is 310 g/mol. The van der Waals surface area contributed by atoms with E-state index < -0.39 is 0 Å². The van der Waals surface area contributed by atoms with E-state index in [1.165, 1.54) is 17.3 Å². The van der Waals surface area contributed by atoms with Gasteiger partial charge in [0.2, 0.25) is 5.91 Å². The molecule has 0 bridgehead atoms. The molecule has 2 heterocycles. The first kappa shape index (κ1) is 16.1. The lowest BCUT2D eigenvalue weighted by Gasteiger charge is -2.11. The highest BCUT2D eigenvalue weighted by Gasteiger charge is 2.16. The molecule has 1 aromatic carbocycles. The van der Waals surface area contributed by atoms with E-state index in [4.69, 9.17) is 4.74 Å². The summed E-state index contributed by atoms with van der Waals surface area (Å²) in [6.45, 7) is 3.47. The van der Waals surface area contributed by atoms with Gasteiger partial charge < -0.3 is 10.1 Å². The van der Waals surface area contributed by atoms with Crippen molar-refractivity contribution in [2.75, 3.05) is 18.9 Å². The Balaban J connectivity index is 1.54. The van der Waals surface area contributed by atoms with Gasteiger partial charge >= 0.3 is 0 Å². The van der Waals surface area contributed by atoms with E-state index >= 15 is 0 Å². The predicted octanol–water partition coefficient (Wildman–Crippen LogP) is 2.57. The van der Waals surface area contributed by atoms with E-state index in [1.807, 2.05) is 22.9 Å². The van der Waals surface area contributed by atoms with Gasteiger partial charge in [-0.15, -0.1) is 0 Å². The molecule has 0 aliphatic carbocycles. The first-order chi connectivity index (χ1) is 11.2. The van der Waals surface area contributed by atoms with Gasteiger partial charge in [0.25, 0.3) is 0 Å². The number of nitrogens with zero attached hydrogens (tertiary/aromatic N) is 2. The highest BCUT2D eigenvalue weighted by molar-refractivity contribution is 7.99. The Kier molecular flexibility index (Phi) is 5.35. The van der Waals surface area contributed by atoms with Crippen LogP contribution in [0.2, 0.25) is 0 Å². The molecule has 1 aliphatic heterocycles. The normalized spacial score (nSPS) is 17.3. The fourth-order valence-corrected chi connectivity index (χ4v) is 3.39. The molecule has 0 saturated carbocycles. The Labute approximate surface area is 140 Å². The molecule has 2 aromatic rings. The van der Waals surface area contributed by atoms with Crippen LogP contribution in [0.4, 0.5) is 0 Å². The number of aromatic nitrogens is 2. The van der Waals surface area contributed by atoms with Crippen LogP contribution in [0.1, 0.15) is 18.4 Å². The summed E-state index contributed by atoms with van der Waals surface area (Å²) in [5.74, 6) is 0.375. The number of benzene rings is 1. The van der Waals surface area contributed by atoms with E-state index in [0.29, 0.717) is 12.3 Å². The Bertz CT molecular complexity index is 665. The first-order valence-corrected chi connectivity index (χ1v) is 8.82. The Morgan fingerprint density at radius 2 is 2.43 bits per heavy atom. The van der Waals surface area contributed by atoms with Crippen molar-refractivity contribution < 1.29 is 9.53 Å². The molecule has 1 saturated heterocycles. The van der Waals surface area contributed by atoms with E-state index in [9.17, 15) is 4.79 Å². The molecule has 1 aromatic heterocycles. The summed E-state index contributed by atoms with van der Waals surface area (Å²) in [4.78, 5) is 16.3. The van der Waals surface area contributed by atoms with Crippen molar-refractivity contribution in [3.05, 3.63) is 42.2 Å². The summed E-state index contributed by atoms with van der Waals surface area (Å²) in [7, 11) is 0. The molecule has 0 spiro atoms. The summed E-state index contributed by atoms with van der Waals surface area (Å²) in [6, 6.07) is 8.22. The van der Waals surface area contributed by atoms with Crippen LogP contribution >= 0.6 is 11.8 Å². The lowest BCUT2D eigenvalue weighted by molar-refractivity contribution is -0.119. The van der Waals surface area contributed by atoms with Crippen LogP contribution in [0.25, 0.3) is 5.69 Å². The molecule has 1 fully saturated rings. The number of rotatable bonds is 6. The molecular formula is C17H21N3O2S. The minimum absolute atomic E-state index is 0.0179. The number of ether oxygens (including phenoxy) is 1. The van der Waals surface area contributed by atoms with Crippen LogP contribution in [0.15, 0.2) is 41.8 Å². The van der Waals surface area contributed by atoms with Gasteiger partial charge in [0.1, 0.15) is 0 Å². The summed E-state index contributed by atoms with van der Waals surface area (Å²) in [6.07, 6.45) is 5.98. The van der Waals surface area contributed by atoms with Crippen molar-refractivity contribution in [3.63, 3.8) is 0 Å². The minimum atomic E-state index is 0.0179. The van der Waals surface area contributed by atoms with Crippen LogP contribution in [-0.4, -0.2) is 40.5 Å². The molecule has 1 atom stereocenters. The molecule has 5 nitrogen and oxygen atoms in total. The molecule has 6 heteroatoms. The van der Waals surface area contributed by atoms with Crippen molar-refractivity contribution in [1.82, 2.24) is 14.9 Å². The number of carbonyl (C=O) groups is 1. The molecule has 1 unspecified atom stereocenters. The number of thioether (sulfide) groups is 1. The summed E-state index contributed by atoms with van der Waals surface area (Å²) in [5, 5.41) is 3.76. The molecule has 1 aliphatic rings. The van der Waals surface area contributed by atoms with Crippen LogP contribution < -0.4 is 5.32 Å². The second-order valence-electron chi connectivity index (χ2n) is 5.65. The SMILES string of the molecule is Cc1cccc(-n2ccnc2SCC(=O)NCC2CCCO2)c1.